The van der Waals surface area contributed by atoms with Crippen LogP contribution < -0.4 is 10.5 Å². The van der Waals surface area contributed by atoms with Gasteiger partial charge in [0.1, 0.15) is 10.6 Å². The molecule has 7 heteroatoms. The van der Waals surface area contributed by atoms with Gasteiger partial charge < -0.3 is 15.4 Å². The zero-order valence-corrected chi connectivity index (χ0v) is 12.7. The lowest BCUT2D eigenvalue weighted by atomic mass is 10.2. The molecule has 1 aromatic rings. The van der Waals surface area contributed by atoms with Gasteiger partial charge in [-0.25, -0.2) is 8.42 Å². The van der Waals surface area contributed by atoms with Crippen LogP contribution in [0.25, 0.3) is 0 Å². The zero-order valence-electron chi connectivity index (χ0n) is 11.9. The van der Waals surface area contributed by atoms with E-state index in [1.54, 1.807) is 18.2 Å². The predicted molar refractivity (Wildman–Crippen MR) is 77.1 cm³/mol. The Bertz CT molecular complexity index is 566. The maximum atomic E-state index is 12.7. The van der Waals surface area contributed by atoms with Crippen molar-refractivity contribution in [2.24, 2.45) is 5.73 Å². The summed E-state index contributed by atoms with van der Waals surface area (Å²) in [5.41, 5.74) is 6.37. The van der Waals surface area contributed by atoms with Gasteiger partial charge in [0, 0.05) is 32.7 Å². The summed E-state index contributed by atoms with van der Waals surface area (Å²) in [6.07, 6.45) is 0. The molecule has 0 radical (unpaired) electrons. The van der Waals surface area contributed by atoms with Crippen molar-refractivity contribution in [3.63, 3.8) is 0 Å². The Kier molecular flexibility index (Phi) is 4.64. The van der Waals surface area contributed by atoms with Crippen LogP contribution in [-0.4, -0.2) is 58.0 Å². The van der Waals surface area contributed by atoms with Gasteiger partial charge in [-0.15, -0.1) is 0 Å². The molecule has 1 aliphatic rings. The van der Waals surface area contributed by atoms with E-state index in [2.05, 4.69) is 4.90 Å². The highest BCUT2D eigenvalue weighted by Crippen LogP contribution is 2.28. The van der Waals surface area contributed by atoms with Crippen molar-refractivity contribution in [2.75, 3.05) is 40.3 Å². The summed E-state index contributed by atoms with van der Waals surface area (Å²) in [5.74, 6) is 0.362. The number of ether oxygens (including phenoxy) is 1. The third-order valence-electron chi connectivity index (χ3n) is 3.54. The van der Waals surface area contributed by atoms with E-state index in [0.29, 0.717) is 25.4 Å². The molecule has 0 aliphatic carbocycles. The van der Waals surface area contributed by atoms with Crippen LogP contribution in [0.4, 0.5) is 0 Å². The minimum atomic E-state index is -3.53. The lowest BCUT2D eigenvalue weighted by Gasteiger charge is -2.31. The van der Waals surface area contributed by atoms with Crippen molar-refractivity contribution >= 4 is 10.0 Å². The first-order valence-electron chi connectivity index (χ1n) is 6.54. The number of sulfonamides is 1. The van der Waals surface area contributed by atoms with Crippen LogP contribution in [0.2, 0.25) is 0 Å². The molecular formula is C13H21N3O3S. The first-order chi connectivity index (χ1) is 9.48. The van der Waals surface area contributed by atoms with Gasteiger partial charge in [-0.05, 0) is 24.7 Å². The van der Waals surface area contributed by atoms with Gasteiger partial charge in [-0.1, -0.05) is 6.07 Å². The molecule has 2 rings (SSSR count). The Morgan fingerprint density at radius 3 is 2.45 bits per heavy atom. The Balaban J connectivity index is 2.37. The summed E-state index contributed by atoms with van der Waals surface area (Å²) in [4.78, 5) is 2.31. The SMILES string of the molecule is COc1ccc(CN)cc1S(=O)(=O)N1CCN(C)CC1. The highest BCUT2D eigenvalue weighted by atomic mass is 32.2. The molecule has 0 unspecified atom stereocenters. The van der Waals surface area contributed by atoms with Crippen molar-refractivity contribution in [2.45, 2.75) is 11.4 Å². The van der Waals surface area contributed by atoms with Crippen LogP contribution in [-0.2, 0) is 16.6 Å². The highest BCUT2D eigenvalue weighted by molar-refractivity contribution is 7.89. The van der Waals surface area contributed by atoms with E-state index in [-0.39, 0.29) is 4.90 Å². The molecule has 0 saturated carbocycles. The van der Waals surface area contributed by atoms with E-state index >= 15 is 0 Å². The standard InChI is InChI=1S/C13H21N3O3S/c1-15-5-7-16(8-6-15)20(17,18)13-9-11(10-14)3-4-12(13)19-2/h3-4,9H,5-8,10,14H2,1-2H3. The van der Waals surface area contributed by atoms with Gasteiger partial charge in [0.25, 0.3) is 0 Å². The summed E-state index contributed by atoms with van der Waals surface area (Å²) in [7, 11) is -0.0763. The van der Waals surface area contributed by atoms with Crippen molar-refractivity contribution in [1.82, 2.24) is 9.21 Å². The molecule has 1 aliphatic heterocycles. The first kappa shape index (κ1) is 15.2. The summed E-state index contributed by atoms with van der Waals surface area (Å²) in [6.45, 7) is 2.76. The van der Waals surface area contributed by atoms with Crippen molar-refractivity contribution in [3.05, 3.63) is 23.8 Å². The largest absolute Gasteiger partial charge is 0.495 e. The van der Waals surface area contributed by atoms with Crippen LogP contribution in [0.1, 0.15) is 5.56 Å². The highest BCUT2D eigenvalue weighted by Gasteiger charge is 2.30. The molecule has 1 fully saturated rings. The second kappa shape index (κ2) is 6.09. The summed E-state index contributed by atoms with van der Waals surface area (Å²) < 4.78 is 32.1. The summed E-state index contributed by atoms with van der Waals surface area (Å²) >= 11 is 0. The van der Waals surface area contributed by atoms with E-state index in [0.717, 1.165) is 18.7 Å². The molecule has 0 aromatic heterocycles. The summed E-state index contributed by atoms with van der Waals surface area (Å²) in [6, 6.07) is 5.04. The second-order valence-electron chi connectivity index (χ2n) is 4.90. The lowest BCUT2D eigenvalue weighted by molar-refractivity contribution is 0.222. The van der Waals surface area contributed by atoms with E-state index in [4.69, 9.17) is 10.5 Å². The van der Waals surface area contributed by atoms with E-state index in [9.17, 15) is 8.42 Å². The maximum absolute atomic E-state index is 12.7. The lowest BCUT2D eigenvalue weighted by Crippen LogP contribution is -2.47. The molecule has 1 saturated heterocycles. The van der Waals surface area contributed by atoms with Crippen LogP contribution in [0.3, 0.4) is 0 Å². The summed E-state index contributed by atoms with van der Waals surface area (Å²) in [5, 5.41) is 0. The molecule has 0 bridgehead atoms. The molecule has 6 nitrogen and oxygen atoms in total. The molecule has 112 valence electrons. The smallest absolute Gasteiger partial charge is 0.246 e. The quantitative estimate of drug-likeness (QED) is 0.853. The predicted octanol–water partition coefficient (Wildman–Crippen LogP) is 0.0900. The number of benzene rings is 1. The van der Waals surface area contributed by atoms with Crippen molar-refractivity contribution in [3.8, 4) is 5.75 Å². The number of nitrogens with zero attached hydrogens (tertiary/aromatic N) is 2. The third kappa shape index (κ3) is 2.95. The Labute approximate surface area is 120 Å². The first-order valence-corrected chi connectivity index (χ1v) is 7.98. The van der Waals surface area contributed by atoms with Gasteiger partial charge in [0.05, 0.1) is 7.11 Å². The zero-order chi connectivity index (χ0) is 14.8. The number of rotatable bonds is 4. The minimum absolute atomic E-state index is 0.201. The fraction of sp³-hybridized carbons (Fsp3) is 0.538. The van der Waals surface area contributed by atoms with Crippen molar-refractivity contribution in [1.29, 1.82) is 0 Å². The van der Waals surface area contributed by atoms with Crippen LogP contribution in [0.15, 0.2) is 23.1 Å². The third-order valence-corrected chi connectivity index (χ3v) is 5.46. The maximum Gasteiger partial charge on any atom is 0.246 e. The Morgan fingerprint density at radius 1 is 1.25 bits per heavy atom. The minimum Gasteiger partial charge on any atom is -0.495 e. The van der Waals surface area contributed by atoms with Crippen LogP contribution >= 0.6 is 0 Å². The molecule has 0 atom stereocenters. The van der Waals surface area contributed by atoms with Gasteiger partial charge >= 0.3 is 0 Å². The molecular weight excluding hydrogens is 278 g/mol. The Morgan fingerprint density at radius 2 is 1.90 bits per heavy atom. The molecule has 2 N–H and O–H groups in total. The normalized spacial score (nSPS) is 18.1. The number of nitrogens with two attached hydrogens (primary N) is 1. The van der Waals surface area contributed by atoms with Crippen LogP contribution in [0.5, 0.6) is 5.75 Å². The fourth-order valence-corrected chi connectivity index (χ4v) is 3.85. The van der Waals surface area contributed by atoms with E-state index in [1.807, 2.05) is 7.05 Å². The van der Waals surface area contributed by atoms with Crippen molar-refractivity contribution < 1.29 is 13.2 Å². The molecule has 1 aromatic carbocycles. The number of methoxy groups -OCH3 is 1. The monoisotopic (exact) mass is 299 g/mol. The van der Waals surface area contributed by atoms with E-state index in [1.165, 1.54) is 11.4 Å². The molecule has 0 spiro atoms. The fourth-order valence-electron chi connectivity index (χ4n) is 2.22. The number of hydrogen-bond acceptors (Lipinski definition) is 5. The average molecular weight is 299 g/mol. The topological polar surface area (TPSA) is 75.9 Å². The Hall–Kier alpha value is -1.15. The van der Waals surface area contributed by atoms with Crippen LogP contribution in [0, 0.1) is 0 Å². The van der Waals surface area contributed by atoms with Gasteiger partial charge in [0.2, 0.25) is 10.0 Å². The molecule has 1 heterocycles. The average Bonchev–Trinajstić information content (AvgIpc) is 2.47. The molecule has 0 amide bonds. The van der Waals surface area contributed by atoms with Gasteiger partial charge in [-0.2, -0.15) is 4.31 Å². The van der Waals surface area contributed by atoms with Gasteiger partial charge in [0.15, 0.2) is 0 Å². The number of likely N-dealkylation sites (N-methyl/N-ethyl adjacent to an activating group) is 1. The van der Waals surface area contributed by atoms with Gasteiger partial charge in [-0.3, -0.25) is 0 Å². The van der Waals surface area contributed by atoms with E-state index < -0.39 is 10.0 Å². The molecule has 20 heavy (non-hydrogen) atoms. The number of piperazine rings is 1. The second-order valence-corrected chi connectivity index (χ2v) is 6.80. The number of hydrogen-bond donors (Lipinski definition) is 1.